The van der Waals surface area contributed by atoms with Gasteiger partial charge in [0.2, 0.25) is 0 Å². The summed E-state index contributed by atoms with van der Waals surface area (Å²) in [7, 11) is 3.38. The minimum atomic E-state index is -0.115. The van der Waals surface area contributed by atoms with E-state index in [0.29, 0.717) is 19.6 Å². The Balaban J connectivity index is 2.17. The van der Waals surface area contributed by atoms with Gasteiger partial charge < -0.3 is 9.47 Å². The summed E-state index contributed by atoms with van der Waals surface area (Å²) < 4.78 is 10.7. The first kappa shape index (κ1) is 15.7. The zero-order chi connectivity index (χ0) is 15.1. The summed E-state index contributed by atoms with van der Waals surface area (Å²) in [6.07, 6.45) is 6.59. The van der Waals surface area contributed by atoms with Crippen molar-refractivity contribution >= 4 is 12.4 Å². The molecule has 0 N–H and O–H groups in total. The zero-order valence-corrected chi connectivity index (χ0v) is 12.7. The summed E-state index contributed by atoms with van der Waals surface area (Å²) in [5.74, 6) is 0. The van der Waals surface area contributed by atoms with Crippen LogP contribution in [0.3, 0.4) is 0 Å². The lowest BCUT2D eigenvalue weighted by atomic mass is 9.85. The van der Waals surface area contributed by atoms with Crippen molar-refractivity contribution in [3.8, 4) is 0 Å². The Kier molecular flexibility index (Phi) is 5.48. The molecular formula is C18H22O3. The van der Waals surface area contributed by atoms with E-state index in [1.165, 1.54) is 0 Å². The Hall–Kier alpha value is -1.71. The second-order valence-corrected chi connectivity index (χ2v) is 5.63. The number of hydrogen-bond donors (Lipinski definition) is 0. The standard InChI is InChI=1S/C18H22O3/c1-20-13-18(14-21-2)10-16(17(11-18)12-19)9-8-15-6-4-3-5-7-15/h3-9,12H,10-11,13-14H2,1-2H3/b9-8+. The Morgan fingerprint density at radius 3 is 2.19 bits per heavy atom. The average Bonchev–Trinajstić information content (AvgIpc) is 2.85. The Bertz CT molecular complexity index is 523. The van der Waals surface area contributed by atoms with Crippen LogP contribution in [0.1, 0.15) is 18.4 Å². The fourth-order valence-electron chi connectivity index (χ4n) is 3.00. The lowest BCUT2D eigenvalue weighted by molar-refractivity contribution is -0.105. The number of ether oxygens (including phenoxy) is 2. The van der Waals surface area contributed by atoms with Crippen LogP contribution in [0.15, 0.2) is 47.6 Å². The molecule has 1 aromatic rings. The molecule has 1 aliphatic rings. The summed E-state index contributed by atoms with van der Waals surface area (Å²) in [5.41, 5.74) is 2.96. The molecule has 112 valence electrons. The minimum Gasteiger partial charge on any atom is -0.384 e. The molecular weight excluding hydrogens is 264 g/mol. The molecule has 2 rings (SSSR count). The molecule has 0 radical (unpaired) electrons. The molecule has 0 atom stereocenters. The summed E-state index contributed by atoms with van der Waals surface area (Å²) in [6, 6.07) is 10.1. The van der Waals surface area contributed by atoms with Crippen molar-refractivity contribution in [1.29, 1.82) is 0 Å². The first-order valence-electron chi connectivity index (χ1n) is 7.11. The predicted molar refractivity (Wildman–Crippen MR) is 84.0 cm³/mol. The number of methoxy groups -OCH3 is 2. The second-order valence-electron chi connectivity index (χ2n) is 5.63. The lowest BCUT2D eigenvalue weighted by Crippen LogP contribution is -2.29. The first-order valence-corrected chi connectivity index (χ1v) is 7.11. The van der Waals surface area contributed by atoms with Gasteiger partial charge in [0.15, 0.2) is 0 Å². The maximum atomic E-state index is 11.4. The van der Waals surface area contributed by atoms with E-state index in [4.69, 9.17) is 9.47 Å². The predicted octanol–water partition coefficient (Wildman–Crippen LogP) is 3.27. The molecule has 0 bridgehead atoms. The van der Waals surface area contributed by atoms with Crippen molar-refractivity contribution in [3.05, 3.63) is 53.1 Å². The highest BCUT2D eigenvalue weighted by Gasteiger charge is 2.38. The van der Waals surface area contributed by atoms with Crippen molar-refractivity contribution < 1.29 is 14.3 Å². The van der Waals surface area contributed by atoms with Gasteiger partial charge in [-0.2, -0.15) is 0 Å². The number of rotatable bonds is 7. The average molecular weight is 286 g/mol. The van der Waals surface area contributed by atoms with E-state index < -0.39 is 0 Å². The maximum absolute atomic E-state index is 11.4. The maximum Gasteiger partial charge on any atom is 0.146 e. The Morgan fingerprint density at radius 1 is 1.00 bits per heavy atom. The van der Waals surface area contributed by atoms with Gasteiger partial charge in [0.05, 0.1) is 13.2 Å². The molecule has 0 fully saturated rings. The third-order valence-corrected chi connectivity index (χ3v) is 3.86. The number of benzene rings is 1. The third kappa shape index (κ3) is 3.90. The van der Waals surface area contributed by atoms with Gasteiger partial charge in [0, 0.05) is 19.6 Å². The summed E-state index contributed by atoms with van der Waals surface area (Å²) in [4.78, 5) is 11.4. The molecule has 3 heteroatoms. The molecule has 0 heterocycles. The van der Waals surface area contributed by atoms with Crippen LogP contribution in [0.5, 0.6) is 0 Å². The Morgan fingerprint density at radius 2 is 1.62 bits per heavy atom. The van der Waals surface area contributed by atoms with Gasteiger partial charge in [0.25, 0.3) is 0 Å². The van der Waals surface area contributed by atoms with Gasteiger partial charge in [0.1, 0.15) is 6.29 Å². The number of allylic oxidation sites excluding steroid dienone is 3. The van der Waals surface area contributed by atoms with Gasteiger partial charge in [-0.3, -0.25) is 4.79 Å². The van der Waals surface area contributed by atoms with Crippen LogP contribution < -0.4 is 0 Å². The van der Waals surface area contributed by atoms with E-state index in [9.17, 15) is 4.79 Å². The van der Waals surface area contributed by atoms with Crippen LogP contribution in [0, 0.1) is 5.41 Å². The monoisotopic (exact) mass is 286 g/mol. The molecule has 0 aliphatic heterocycles. The van der Waals surface area contributed by atoms with Crippen LogP contribution >= 0.6 is 0 Å². The topological polar surface area (TPSA) is 35.5 Å². The summed E-state index contributed by atoms with van der Waals surface area (Å²) >= 11 is 0. The molecule has 0 aromatic heterocycles. The van der Waals surface area contributed by atoms with Gasteiger partial charge in [-0.15, -0.1) is 0 Å². The van der Waals surface area contributed by atoms with E-state index in [1.54, 1.807) is 14.2 Å². The number of aldehydes is 1. The highest BCUT2D eigenvalue weighted by Crippen LogP contribution is 2.42. The molecule has 21 heavy (non-hydrogen) atoms. The van der Waals surface area contributed by atoms with Gasteiger partial charge in [-0.25, -0.2) is 0 Å². The summed E-state index contributed by atoms with van der Waals surface area (Å²) in [6.45, 7) is 1.20. The van der Waals surface area contributed by atoms with Crippen LogP contribution in [0.25, 0.3) is 6.08 Å². The van der Waals surface area contributed by atoms with Crippen molar-refractivity contribution in [2.75, 3.05) is 27.4 Å². The molecule has 0 saturated heterocycles. The largest absolute Gasteiger partial charge is 0.384 e. The smallest absolute Gasteiger partial charge is 0.146 e. The molecule has 0 amide bonds. The van der Waals surface area contributed by atoms with Crippen molar-refractivity contribution in [3.63, 3.8) is 0 Å². The van der Waals surface area contributed by atoms with Crippen molar-refractivity contribution in [2.45, 2.75) is 12.8 Å². The first-order chi connectivity index (χ1) is 10.2. The lowest BCUT2D eigenvalue weighted by Gasteiger charge is -2.27. The van der Waals surface area contributed by atoms with E-state index in [2.05, 4.69) is 6.08 Å². The summed E-state index contributed by atoms with van der Waals surface area (Å²) in [5, 5.41) is 0. The normalized spacial score (nSPS) is 17.6. The second kappa shape index (κ2) is 7.34. The third-order valence-electron chi connectivity index (χ3n) is 3.86. The van der Waals surface area contributed by atoms with E-state index in [-0.39, 0.29) is 5.41 Å². The number of carbonyl (C=O) groups excluding carboxylic acids is 1. The fourth-order valence-corrected chi connectivity index (χ4v) is 3.00. The Labute approximate surface area is 126 Å². The highest BCUT2D eigenvalue weighted by molar-refractivity contribution is 5.78. The van der Waals surface area contributed by atoms with Gasteiger partial charge >= 0.3 is 0 Å². The highest BCUT2D eigenvalue weighted by atomic mass is 16.5. The molecule has 1 aromatic carbocycles. The molecule has 3 nitrogen and oxygen atoms in total. The molecule has 0 spiro atoms. The number of carbonyl (C=O) groups is 1. The SMILES string of the molecule is COCC1(COC)CC(C=O)=C(/C=C/c2ccccc2)C1. The molecule has 0 unspecified atom stereocenters. The van der Waals surface area contributed by atoms with E-state index >= 15 is 0 Å². The quantitative estimate of drug-likeness (QED) is 0.722. The van der Waals surface area contributed by atoms with Gasteiger partial charge in [-0.1, -0.05) is 42.5 Å². The van der Waals surface area contributed by atoms with E-state index in [0.717, 1.165) is 29.4 Å². The molecule has 0 saturated carbocycles. The molecule has 1 aliphatic carbocycles. The number of hydrogen-bond acceptors (Lipinski definition) is 3. The minimum absolute atomic E-state index is 0.115. The van der Waals surface area contributed by atoms with Crippen LogP contribution in [-0.4, -0.2) is 33.7 Å². The van der Waals surface area contributed by atoms with Gasteiger partial charge in [-0.05, 0) is 29.6 Å². The van der Waals surface area contributed by atoms with Crippen LogP contribution in [0.2, 0.25) is 0 Å². The van der Waals surface area contributed by atoms with Crippen molar-refractivity contribution in [2.24, 2.45) is 5.41 Å². The van der Waals surface area contributed by atoms with Crippen LogP contribution in [-0.2, 0) is 14.3 Å². The van der Waals surface area contributed by atoms with E-state index in [1.807, 2.05) is 36.4 Å². The van der Waals surface area contributed by atoms with Crippen molar-refractivity contribution in [1.82, 2.24) is 0 Å². The zero-order valence-electron chi connectivity index (χ0n) is 12.7. The fraction of sp³-hybridized carbons (Fsp3) is 0.389. The van der Waals surface area contributed by atoms with Crippen LogP contribution in [0.4, 0.5) is 0 Å².